The van der Waals surface area contributed by atoms with E-state index in [1.165, 1.54) is 0 Å². The molecule has 0 N–H and O–H groups in total. The summed E-state index contributed by atoms with van der Waals surface area (Å²) in [6.07, 6.45) is 1.63. The van der Waals surface area contributed by atoms with Crippen molar-refractivity contribution in [1.29, 1.82) is 0 Å². The molecule has 0 atom stereocenters. The highest BCUT2D eigenvalue weighted by atomic mass is 79.9. The number of benzene rings is 2. The van der Waals surface area contributed by atoms with Crippen molar-refractivity contribution in [3.63, 3.8) is 0 Å². The van der Waals surface area contributed by atoms with Gasteiger partial charge in [0, 0.05) is 4.47 Å². The summed E-state index contributed by atoms with van der Waals surface area (Å²) in [5.74, 6) is -1.37. The number of esters is 1. The maximum atomic E-state index is 12.6. The quantitative estimate of drug-likeness (QED) is 0.425. The van der Waals surface area contributed by atoms with Gasteiger partial charge in [0.2, 0.25) is 0 Å². The van der Waals surface area contributed by atoms with Crippen molar-refractivity contribution in [1.82, 2.24) is 4.90 Å². The number of ether oxygens (including phenoxy) is 1. The van der Waals surface area contributed by atoms with Gasteiger partial charge in [0.15, 0.2) is 0 Å². The second kappa shape index (κ2) is 7.66. The van der Waals surface area contributed by atoms with Gasteiger partial charge in [-0.05, 0) is 36.8 Å². The molecule has 1 aliphatic heterocycles. The molecule has 26 heavy (non-hydrogen) atoms. The van der Waals surface area contributed by atoms with Crippen LogP contribution in [0, 0.1) is 0 Å². The molecule has 3 rings (SSSR count). The minimum absolute atomic E-state index is 0.146. The summed E-state index contributed by atoms with van der Waals surface area (Å²) in [5, 5.41) is 0. The fraction of sp³-hybridized carbons (Fsp3) is 0.150. The van der Waals surface area contributed by atoms with E-state index in [1.54, 1.807) is 37.3 Å². The fourth-order valence-corrected chi connectivity index (χ4v) is 3.13. The van der Waals surface area contributed by atoms with Gasteiger partial charge < -0.3 is 4.74 Å². The number of imide groups is 1. The molecule has 0 saturated carbocycles. The van der Waals surface area contributed by atoms with E-state index in [0.717, 1.165) is 14.9 Å². The number of hydrogen-bond acceptors (Lipinski definition) is 4. The number of nitrogens with zero attached hydrogens (tertiary/aromatic N) is 1. The van der Waals surface area contributed by atoms with Crippen molar-refractivity contribution in [2.45, 2.75) is 6.92 Å². The topological polar surface area (TPSA) is 63.7 Å². The molecule has 0 saturated heterocycles. The number of fused-ring (bicyclic) bond motifs is 1. The molecule has 0 spiro atoms. The van der Waals surface area contributed by atoms with E-state index in [0.29, 0.717) is 11.1 Å². The third-order valence-electron chi connectivity index (χ3n) is 3.98. The predicted molar refractivity (Wildman–Crippen MR) is 101 cm³/mol. The van der Waals surface area contributed by atoms with E-state index in [2.05, 4.69) is 15.9 Å². The van der Waals surface area contributed by atoms with E-state index >= 15 is 0 Å². The lowest BCUT2D eigenvalue weighted by Crippen LogP contribution is -2.33. The van der Waals surface area contributed by atoms with Crippen LogP contribution >= 0.6 is 15.9 Å². The molecular formula is C20H16BrNO4. The monoisotopic (exact) mass is 413 g/mol. The largest absolute Gasteiger partial charge is 0.463 e. The number of rotatable bonds is 5. The highest BCUT2D eigenvalue weighted by molar-refractivity contribution is 9.10. The van der Waals surface area contributed by atoms with Gasteiger partial charge in [0.05, 0.1) is 29.9 Å². The first-order chi connectivity index (χ1) is 12.5. The Morgan fingerprint density at radius 3 is 2.19 bits per heavy atom. The van der Waals surface area contributed by atoms with Crippen molar-refractivity contribution in [3.8, 4) is 0 Å². The van der Waals surface area contributed by atoms with Crippen molar-refractivity contribution in [3.05, 3.63) is 75.3 Å². The molecule has 2 aromatic carbocycles. The molecule has 0 aliphatic carbocycles. The van der Waals surface area contributed by atoms with Gasteiger partial charge in [0.25, 0.3) is 11.8 Å². The molecular weight excluding hydrogens is 398 g/mol. The van der Waals surface area contributed by atoms with Crippen molar-refractivity contribution in [2.75, 3.05) is 13.2 Å². The molecule has 0 radical (unpaired) electrons. The van der Waals surface area contributed by atoms with Gasteiger partial charge in [-0.3, -0.25) is 14.5 Å². The number of carbonyl (C=O) groups excluding carboxylic acids is 3. The second-order valence-electron chi connectivity index (χ2n) is 5.65. The molecule has 132 valence electrons. The summed E-state index contributed by atoms with van der Waals surface area (Å²) >= 11 is 3.43. The Hall–Kier alpha value is -2.73. The van der Waals surface area contributed by atoms with Crippen LogP contribution in [0.15, 0.2) is 58.6 Å². The maximum Gasteiger partial charge on any atom is 0.335 e. The lowest BCUT2D eigenvalue weighted by Gasteiger charge is -2.16. The summed E-state index contributed by atoms with van der Waals surface area (Å²) in [7, 11) is 0. The Morgan fingerprint density at radius 2 is 1.62 bits per heavy atom. The zero-order chi connectivity index (χ0) is 18.7. The summed E-state index contributed by atoms with van der Waals surface area (Å²) in [6, 6.07) is 14.0. The summed E-state index contributed by atoms with van der Waals surface area (Å²) in [4.78, 5) is 38.6. The molecule has 2 aromatic rings. The molecule has 0 fully saturated rings. The Balaban J connectivity index is 1.95. The normalized spacial score (nSPS) is 13.8. The van der Waals surface area contributed by atoms with Crippen LogP contribution in [-0.2, 0) is 9.53 Å². The number of carbonyl (C=O) groups is 3. The Kier molecular flexibility index (Phi) is 5.32. The van der Waals surface area contributed by atoms with Gasteiger partial charge in [-0.1, -0.05) is 46.3 Å². The smallest absolute Gasteiger partial charge is 0.335 e. The average molecular weight is 414 g/mol. The Bertz CT molecular complexity index is 885. The average Bonchev–Trinajstić information content (AvgIpc) is 2.88. The lowest BCUT2D eigenvalue weighted by atomic mass is 10.1. The van der Waals surface area contributed by atoms with Crippen LogP contribution in [0.25, 0.3) is 6.08 Å². The summed E-state index contributed by atoms with van der Waals surface area (Å²) < 4.78 is 5.90. The highest BCUT2D eigenvalue weighted by Crippen LogP contribution is 2.25. The first-order valence-electron chi connectivity index (χ1n) is 8.10. The van der Waals surface area contributed by atoms with Crippen molar-refractivity contribution >= 4 is 39.8 Å². The zero-order valence-corrected chi connectivity index (χ0v) is 15.7. The summed E-state index contributed by atoms with van der Waals surface area (Å²) in [5.41, 5.74) is 1.68. The third kappa shape index (κ3) is 3.46. The molecule has 0 bridgehead atoms. The van der Waals surface area contributed by atoms with Crippen LogP contribution in [0.5, 0.6) is 0 Å². The van der Waals surface area contributed by atoms with Gasteiger partial charge in [-0.2, -0.15) is 0 Å². The van der Waals surface area contributed by atoms with Gasteiger partial charge in [-0.15, -0.1) is 0 Å². The standard InChI is InChI=1S/C20H16BrNO4/c1-2-26-20(25)14(11-13-7-3-6-10-17(13)21)12-22-18(23)15-8-4-5-9-16(15)19(22)24/h3-11H,2,12H2,1H3/b14-11+. The minimum atomic E-state index is -0.556. The molecule has 6 heteroatoms. The second-order valence-corrected chi connectivity index (χ2v) is 6.51. The molecule has 0 unspecified atom stereocenters. The van der Waals surface area contributed by atoms with Crippen molar-refractivity contribution in [2.24, 2.45) is 0 Å². The van der Waals surface area contributed by atoms with Gasteiger partial charge in [0.1, 0.15) is 0 Å². The lowest BCUT2D eigenvalue weighted by molar-refractivity contribution is -0.138. The zero-order valence-electron chi connectivity index (χ0n) is 14.1. The van der Waals surface area contributed by atoms with E-state index in [1.807, 2.05) is 24.3 Å². The Labute approximate surface area is 159 Å². The molecule has 1 aliphatic rings. The van der Waals surface area contributed by atoms with E-state index in [-0.39, 0.29) is 18.7 Å². The Morgan fingerprint density at radius 1 is 1.04 bits per heavy atom. The molecule has 2 amide bonds. The molecule has 5 nitrogen and oxygen atoms in total. The first-order valence-corrected chi connectivity index (χ1v) is 8.89. The van der Waals surface area contributed by atoms with Crippen LogP contribution in [-0.4, -0.2) is 35.8 Å². The molecule has 1 heterocycles. The van der Waals surface area contributed by atoms with Crippen LogP contribution < -0.4 is 0 Å². The summed E-state index contributed by atoms with van der Waals surface area (Å²) in [6.45, 7) is 1.76. The van der Waals surface area contributed by atoms with Gasteiger partial charge >= 0.3 is 5.97 Å². The minimum Gasteiger partial charge on any atom is -0.463 e. The van der Waals surface area contributed by atoms with Crippen LogP contribution in [0.1, 0.15) is 33.2 Å². The van der Waals surface area contributed by atoms with E-state index < -0.39 is 17.8 Å². The fourth-order valence-electron chi connectivity index (χ4n) is 2.73. The van der Waals surface area contributed by atoms with Crippen LogP contribution in [0.4, 0.5) is 0 Å². The first kappa shape index (κ1) is 18.1. The third-order valence-corrected chi connectivity index (χ3v) is 4.70. The maximum absolute atomic E-state index is 12.6. The number of amides is 2. The van der Waals surface area contributed by atoms with Crippen molar-refractivity contribution < 1.29 is 19.1 Å². The van der Waals surface area contributed by atoms with Gasteiger partial charge in [-0.25, -0.2) is 4.79 Å². The number of hydrogen-bond donors (Lipinski definition) is 0. The molecule has 0 aromatic heterocycles. The van der Waals surface area contributed by atoms with Crippen LogP contribution in [0.2, 0.25) is 0 Å². The predicted octanol–water partition coefficient (Wildman–Crippen LogP) is 3.69. The highest BCUT2D eigenvalue weighted by Gasteiger charge is 2.36. The SMILES string of the molecule is CCOC(=O)/C(=C/c1ccccc1Br)CN1C(=O)c2ccccc2C1=O. The van der Waals surface area contributed by atoms with E-state index in [4.69, 9.17) is 4.74 Å². The number of halogens is 1. The van der Waals surface area contributed by atoms with Crippen LogP contribution in [0.3, 0.4) is 0 Å². The van der Waals surface area contributed by atoms with E-state index in [9.17, 15) is 14.4 Å².